The molecule has 0 radical (unpaired) electrons. The van der Waals surface area contributed by atoms with E-state index < -0.39 is 0 Å². The van der Waals surface area contributed by atoms with Crippen LogP contribution in [0.5, 0.6) is 0 Å². The van der Waals surface area contributed by atoms with E-state index in [0.29, 0.717) is 11.6 Å². The first-order valence-corrected chi connectivity index (χ1v) is 8.04. The van der Waals surface area contributed by atoms with Gasteiger partial charge in [0.2, 0.25) is 0 Å². The van der Waals surface area contributed by atoms with Gasteiger partial charge >= 0.3 is 0 Å². The number of hydrogen-bond donors (Lipinski definition) is 2. The third-order valence-electron chi connectivity index (χ3n) is 2.34. The van der Waals surface area contributed by atoms with E-state index in [1.807, 2.05) is 18.4 Å². The summed E-state index contributed by atoms with van der Waals surface area (Å²) >= 11 is 4.55. The number of nitrogens with two attached hydrogens (primary N) is 1. The van der Waals surface area contributed by atoms with E-state index >= 15 is 0 Å². The van der Waals surface area contributed by atoms with E-state index in [1.165, 1.54) is 11.5 Å². The number of nitrogen functional groups attached to an aromatic ring is 1. The number of aryl methyl sites for hydroxylation is 1. The predicted octanol–water partition coefficient (Wildman–Crippen LogP) is 2.43. The van der Waals surface area contributed by atoms with Crippen molar-refractivity contribution in [3.8, 4) is 0 Å². The topological polar surface area (TPSA) is 89.6 Å². The number of fused-ring (bicyclic) bond motifs is 1. The van der Waals surface area contributed by atoms with Crippen LogP contribution in [0.3, 0.4) is 0 Å². The van der Waals surface area contributed by atoms with Crippen LogP contribution in [0.15, 0.2) is 15.8 Å². The van der Waals surface area contributed by atoms with Crippen LogP contribution >= 0.6 is 34.6 Å². The Bertz CT molecular complexity index is 706. The standard InChI is InChI=1S/C10H10N6S3/c1-5-12-10(19-16-5)18-4-7-13-8(15-11)6-2-3-17-9(6)14-7/h2-3H,4,11H2,1H3,(H,13,14,15). The third-order valence-corrected chi connectivity index (χ3v) is 5.07. The van der Waals surface area contributed by atoms with Crippen molar-refractivity contribution in [1.82, 2.24) is 19.3 Å². The summed E-state index contributed by atoms with van der Waals surface area (Å²) in [7, 11) is 0. The number of anilines is 1. The summed E-state index contributed by atoms with van der Waals surface area (Å²) < 4.78 is 5.07. The lowest BCUT2D eigenvalue weighted by molar-refractivity contribution is 1.06. The first-order chi connectivity index (χ1) is 9.26. The van der Waals surface area contributed by atoms with Crippen LogP contribution in [-0.2, 0) is 5.75 Å². The van der Waals surface area contributed by atoms with Crippen molar-refractivity contribution in [3.05, 3.63) is 23.1 Å². The molecule has 0 aromatic carbocycles. The molecule has 0 fully saturated rings. The average Bonchev–Trinajstić information content (AvgIpc) is 3.03. The monoisotopic (exact) mass is 310 g/mol. The first kappa shape index (κ1) is 12.7. The maximum absolute atomic E-state index is 5.49. The molecule has 6 nitrogen and oxygen atoms in total. The zero-order valence-electron chi connectivity index (χ0n) is 9.95. The Kier molecular flexibility index (Phi) is 3.60. The lowest BCUT2D eigenvalue weighted by atomic mass is 10.4. The number of rotatable bonds is 4. The zero-order valence-corrected chi connectivity index (χ0v) is 12.4. The quantitative estimate of drug-likeness (QED) is 0.434. The SMILES string of the molecule is Cc1nsc(SCc2nc(NN)c3ccsc3n2)n1. The number of aromatic nitrogens is 4. The maximum Gasteiger partial charge on any atom is 0.170 e. The molecule has 0 saturated heterocycles. The van der Waals surface area contributed by atoms with Gasteiger partial charge in [0.15, 0.2) is 10.2 Å². The smallest absolute Gasteiger partial charge is 0.170 e. The summed E-state index contributed by atoms with van der Waals surface area (Å²) in [5, 5.41) is 2.93. The number of hydrogen-bond acceptors (Lipinski definition) is 9. The molecule has 3 N–H and O–H groups in total. The van der Waals surface area contributed by atoms with Crippen molar-refractivity contribution in [2.75, 3.05) is 5.43 Å². The van der Waals surface area contributed by atoms with Gasteiger partial charge in [0.25, 0.3) is 0 Å². The van der Waals surface area contributed by atoms with Crippen molar-refractivity contribution < 1.29 is 0 Å². The molecule has 3 heterocycles. The van der Waals surface area contributed by atoms with Crippen LogP contribution in [0.2, 0.25) is 0 Å². The Hall–Kier alpha value is -1.29. The summed E-state index contributed by atoms with van der Waals surface area (Å²) in [5.74, 6) is 8.34. The van der Waals surface area contributed by atoms with Crippen molar-refractivity contribution in [1.29, 1.82) is 0 Å². The summed E-state index contributed by atoms with van der Waals surface area (Å²) in [5.41, 5.74) is 2.62. The van der Waals surface area contributed by atoms with Crippen molar-refractivity contribution in [2.24, 2.45) is 5.84 Å². The second-order valence-corrected chi connectivity index (χ2v) is 6.54. The molecule has 0 saturated carbocycles. The van der Waals surface area contributed by atoms with E-state index in [0.717, 1.165) is 26.2 Å². The number of nitrogens with zero attached hydrogens (tertiary/aromatic N) is 4. The first-order valence-electron chi connectivity index (χ1n) is 5.40. The number of nitrogens with one attached hydrogen (secondary N) is 1. The Balaban J connectivity index is 1.84. The Labute approximate surface area is 121 Å². The Morgan fingerprint density at radius 1 is 1.37 bits per heavy atom. The predicted molar refractivity (Wildman–Crippen MR) is 79.4 cm³/mol. The zero-order chi connectivity index (χ0) is 13.2. The lowest BCUT2D eigenvalue weighted by Crippen LogP contribution is -2.10. The van der Waals surface area contributed by atoms with Gasteiger partial charge in [-0.1, -0.05) is 11.8 Å². The Morgan fingerprint density at radius 2 is 2.26 bits per heavy atom. The van der Waals surface area contributed by atoms with Gasteiger partial charge in [0, 0.05) is 0 Å². The summed E-state index contributed by atoms with van der Waals surface area (Å²) in [6.45, 7) is 1.88. The molecule has 0 aliphatic carbocycles. The highest BCUT2D eigenvalue weighted by atomic mass is 32.2. The maximum atomic E-state index is 5.49. The molecule has 0 unspecified atom stereocenters. The van der Waals surface area contributed by atoms with Crippen LogP contribution in [0.4, 0.5) is 5.82 Å². The molecular weight excluding hydrogens is 300 g/mol. The molecule has 19 heavy (non-hydrogen) atoms. The fraction of sp³-hybridized carbons (Fsp3) is 0.200. The molecule has 0 amide bonds. The minimum atomic E-state index is 0.650. The lowest BCUT2D eigenvalue weighted by Gasteiger charge is -2.03. The molecule has 0 aliphatic rings. The molecule has 0 aliphatic heterocycles. The van der Waals surface area contributed by atoms with Gasteiger partial charge in [-0.15, -0.1) is 11.3 Å². The van der Waals surface area contributed by atoms with E-state index in [2.05, 4.69) is 24.8 Å². The van der Waals surface area contributed by atoms with Crippen LogP contribution < -0.4 is 11.3 Å². The molecular formula is C10H10N6S3. The molecule has 3 rings (SSSR count). The van der Waals surface area contributed by atoms with Gasteiger partial charge in [-0.05, 0) is 29.9 Å². The molecule has 3 aromatic heterocycles. The molecule has 0 atom stereocenters. The van der Waals surface area contributed by atoms with Gasteiger partial charge in [0.1, 0.15) is 16.5 Å². The van der Waals surface area contributed by atoms with Gasteiger partial charge in [0.05, 0.1) is 11.1 Å². The largest absolute Gasteiger partial charge is 0.308 e. The summed E-state index contributed by atoms with van der Waals surface area (Å²) in [6, 6.07) is 1.96. The molecule has 9 heteroatoms. The molecule has 98 valence electrons. The van der Waals surface area contributed by atoms with Crippen LogP contribution in [0.25, 0.3) is 10.2 Å². The van der Waals surface area contributed by atoms with Gasteiger partial charge in [-0.25, -0.2) is 20.8 Å². The third kappa shape index (κ3) is 2.68. The Morgan fingerprint density at radius 3 is 3.00 bits per heavy atom. The van der Waals surface area contributed by atoms with Gasteiger partial charge in [-0.2, -0.15) is 4.37 Å². The van der Waals surface area contributed by atoms with Crippen LogP contribution in [0, 0.1) is 6.92 Å². The average molecular weight is 310 g/mol. The molecule has 0 spiro atoms. The van der Waals surface area contributed by atoms with Crippen LogP contribution in [-0.4, -0.2) is 19.3 Å². The van der Waals surface area contributed by atoms with Crippen molar-refractivity contribution >= 4 is 50.7 Å². The van der Waals surface area contributed by atoms with E-state index in [9.17, 15) is 0 Å². The van der Waals surface area contributed by atoms with E-state index in [-0.39, 0.29) is 0 Å². The summed E-state index contributed by atoms with van der Waals surface area (Å²) in [4.78, 5) is 14.2. The second kappa shape index (κ2) is 5.37. The highest BCUT2D eigenvalue weighted by Crippen LogP contribution is 2.27. The minimum absolute atomic E-state index is 0.650. The minimum Gasteiger partial charge on any atom is -0.308 e. The second-order valence-electron chi connectivity index (χ2n) is 3.67. The van der Waals surface area contributed by atoms with E-state index in [4.69, 9.17) is 5.84 Å². The fourth-order valence-electron chi connectivity index (χ4n) is 1.54. The van der Waals surface area contributed by atoms with Crippen molar-refractivity contribution in [3.63, 3.8) is 0 Å². The molecule has 3 aromatic rings. The highest BCUT2D eigenvalue weighted by molar-refractivity contribution is 8.00. The van der Waals surface area contributed by atoms with Gasteiger partial charge in [-0.3, -0.25) is 0 Å². The number of thioether (sulfide) groups is 1. The van der Waals surface area contributed by atoms with E-state index in [1.54, 1.807) is 23.1 Å². The van der Waals surface area contributed by atoms with Crippen LogP contribution in [0.1, 0.15) is 11.6 Å². The number of hydrazine groups is 1. The normalized spacial score (nSPS) is 11.1. The molecule has 0 bridgehead atoms. The number of thiophene rings is 1. The van der Waals surface area contributed by atoms with Gasteiger partial charge < -0.3 is 5.43 Å². The van der Waals surface area contributed by atoms with Crippen molar-refractivity contribution in [2.45, 2.75) is 17.0 Å². The summed E-state index contributed by atoms with van der Waals surface area (Å²) in [6.07, 6.45) is 0. The highest BCUT2D eigenvalue weighted by Gasteiger charge is 2.09. The fourth-order valence-corrected chi connectivity index (χ4v) is 3.82.